The third-order valence-electron chi connectivity index (χ3n) is 3.13. The molecule has 3 heteroatoms. The average molecular weight is 286 g/mol. The van der Waals surface area contributed by atoms with Crippen molar-refractivity contribution in [2.24, 2.45) is 0 Å². The first-order valence-corrected chi connectivity index (χ1v) is 8.01. The van der Waals surface area contributed by atoms with E-state index in [0.29, 0.717) is 4.90 Å². The molecule has 0 spiro atoms. The summed E-state index contributed by atoms with van der Waals surface area (Å²) in [6.45, 7) is 5.64. The molecule has 0 unspecified atom stereocenters. The minimum Gasteiger partial charge on any atom is -0.219 e. The maximum absolute atomic E-state index is 12.5. The van der Waals surface area contributed by atoms with E-state index < -0.39 is 9.84 Å². The number of aryl methyl sites for hydroxylation is 3. The zero-order valence-corrected chi connectivity index (χ0v) is 12.7. The normalized spacial score (nSPS) is 11.9. The first-order valence-electron chi connectivity index (χ1n) is 6.46. The van der Waals surface area contributed by atoms with Crippen molar-refractivity contribution < 1.29 is 8.42 Å². The SMILES string of the molecule is Cc1cc(C)c(S(=O)(=O)/C=C/c2ccccc2)c(C)c1. The van der Waals surface area contributed by atoms with Crippen molar-refractivity contribution in [1.82, 2.24) is 0 Å². The van der Waals surface area contributed by atoms with Gasteiger partial charge < -0.3 is 0 Å². The van der Waals surface area contributed by atoms with Crippen LogP contribution in [-0.2, 0) is 9.84 Å². The Morgan fingerprint density at radius 2 is 1.45 bits per heavy atom. The van der Waals surface area contributed by atoms with Crippen LogP contribution in [0.3, 0.4) is 0 Å². The molecule has 0 aliphatic rings. The van der Waals surface area contributed by atoms with Gasteiger partial charge in [-0.05, 0) is 43.5 Å². The summed E-state index contributed by atoms with van der Waals surface area (Å²) in [5, 5.41) is 1.28. The maximum atomic E-state index is 12.5. The molecule has 0 atom stereocenters. The summed E-state index contributed by atoms with van der Waals surface area (Å²) in [7, 11) is -3.42. The van der Waals surface area contributed by atoms with Gasteiger partial charge in [0.25, 0.3) is 0 Å². The molecule has 0 bridgehead atoms. The van der Waals surface area contributed by atoms with E-state index in [1.54, 1.807) is 6.08 Å². The predicted octanol–water partition coefficient (Wildman–Crippen LogP) is 4.06. The lowest BCUT2D eigenvalue weighted by Crippen LogP contribution is -2.02. The molecule has 20 heavy (non-hydrogen) atoms. The lowest BCUT2D eigenvalue weighted by atomic mass is 10.1. The van der Waals surface area contributed by atoms with E-state index in [2.05, 4.69) is 0 Å². The van der Waals surface area contributed by atoms with Crippen molar-refractivity contribution in [3.05, 3.63) is 70.1 Å². The van der Waals surface area contributed by atoms with Crippen LogP contribution in [-0.4, -0.2) is 8.42 Å². The maximum Gasteiger partial charge on any atom is 0.200 e. The molecule has 0 aliphatic heterocycles. The number of benzene rings is 2. The second-order valence-electron chi connectivity index (χ2n) is 4.99. The summed E-state index contributed by atoms with van der Waals surface area (Å²) >= 11 is 0. The van der Waals surface area contributed by atoms with Crippen molar-refractivity contribution in [1.29, 1.82) is 0 Å². The predicted molar refractivity (Wildman–Crippen MR) is 83.3 cm³/mol. The first-order chi connectivity index (χ1) is 9.40. The van der Waals surface area contributed by atoms with Crippen LogP contribution in [0.5, 0.6) is 0 Å². The summed E-state index contributed by atoms with van der Waals surface area (Å²) in [4.78, 5) is 0.412. The van der Waals surface area contributed by atoms with Gasteiger partial charge in [0.1, 0.15) is 0 Å². The van der Waals surface area contributed by atoms with Crippen LogP contribution in [0.4, 0.5) is 0 Å². The summed E-state index contributed by atoms with van der Waals surface area (Å²) in [5.41, 5.74) is 3.53. The molecule has 2 aromatic rings. The molecule has 0 saturated heterocycles. The molecular weight excluding hydrogens is 268 g/mol. The number of hydrogen-bond donors (Lipinski definition) is 0. The zero-order valence-electron chi connectivity index (χ0n) is 11.9. The standard InChI is InChI=1S/C17H18O2S/c1-13-11-14(2)17(15(3)12-13)20(18,19)10-9-16-7-5-4-6-8-16/h4-12H,1-3H3/b10-9+. The number of hydrogen-bond acceptors (Lipinski definition) is 2. The number of sulfone groups is 1. The van der Waals surface area contributed by atoms with E-state index in [1.165, 1.54) is 5.41 Å². The second-order valence-corrected chi connectivity index (χ2v) is 6.76. The molecule has 2 nitrogen and oxygen atoms in total. The van der Waals surface area contributed by atoms with E-state index in [4.69, 9.17) is 0 Å². The molecule has 0 radical (unpaired) electrons. The van der Waals surface area contributed by atoms with Crippen LogP contribution in [0.15, 0.2) is 52.8 Å². The highest BCUT2D eigenvalue weighted by atomic mass is 32.2. The molecule has 0 fully saturated rings. The summed E-state index contributed by atoms with van der Waals surface area (Å²) in [5.74, 6) is 0. The Kier molecular flexibility index (Phi) is 4.09. The van der Waals surface area contributed by atoms with Crippen molar-refractivity contribution in [3.63, 3.8) is 0 Å². The molecule has 0 heterocycles. The topological polar surface area (TPSA) is 34.1 Å². The van der Waals surface area contributed by atoms with Crippen molar-refractivity contribution in [2.75, 3.05) is 0 Å². The summed E-state index contributed by atoms with van der Waals surface area (Å²) < 4.78 is 24.9. The van der Waals surface area contributed by atoms with Gasteiger partial charge in [0.15, 0.2) is 9.84 Å². The van der Waals surface area contributed by atoms with Gasteiger partial charge in [0.2, 0.25) is 0 Å². The van der Waals surface area contributed by atoms with Gasteiger partial charge in [-0.3, -0.25) is 0 Å². The highest BCUT2D eigenvalue weighted by molar-refractivity contribution is 7.94. The fraction of sp³-hybridized carbons (Fsp3) is 0.176. The second kappa shape index (κ2) is 5.63. The highest BCUT2D eigenvalue weighted by Crippen LogP contribution is 2.24. The van der Waals surface area contributed by atoms with E-state index in [0.717, 1.165) is 22.3 Å². The van der Waals surface area contributed by atoms with Gasteiger partial charge in [-0.1, -0.05) is 48.0 Å². The lowest BCUT2D eigenvalue weighted by Gasteiger charge is -2.09. The van der Waals surface area contributed by atoms with Gasteiger partial charge >= 0.3 is 0 Å². The van der Waals surface area contributed by atoms with E-state index >= 15 is 0 Å². The highest BCUT2D eigenvalue weighted by Gasteiger charge is 2.16. The van der Waals surface area contributed by atoms with E-state index in [-0.39, 0.29) is 0 Å². The molecule has 0 N–H and O–H groups in total. The molecule has 104 valence electrons. The Morgan fingerprint density at radius 3 is 2.00 bits per heavy atom. The van der Waals surface area contributed by atoms with Crippen molar-refractivity contribution in [3.8, 4) is 0 Å². The van der Waals surface area contributed by atoms with Crippen LogP contribution in [0.1, 0.15) is 22.3 Å². The Hall–Kier alpha value is -1.87. The van der Waals surface area contributed by atoms with Crippen molar-refractivity contribution >= 4 is 15.9 Å². The average Bonchev–Trinajstić information content (AvgIpc) is 2.36. The fourth-order valence-electron chi connectivity index (χ4n) is 2.42. The molecule has 0 saturated carbocycles. The molecule has 0 aromatic heterocycles. The van der Waals surface area contributed by atoms with E-state index in [1.807, 2.05) is 63.2 Å². The third kappa shape index (κ3) is 3.17. The first kappa shape index (κ1) is 14.5. The fourth-order valence-corrected chi connectivity index (χ4v) is 3.90. The van der Waals surface area contributed by atoms with Crippen LogP contribution < -0.4 is 0 Å². The Labute approximate surface area is 120 Å². The molecular formula is C17H18O2S. The minimum absolute atomic E-state index is 0.412. The van der Waals surface area contributed by atoms with Gasteiger partial charge in [-0.15, -0.1) is 0 Å². The zero-order chi connectivity index (χ0) is 14.8. The Bertz CT molecular complexity index is 719. The summed E-state index contributed by atoms with van der Waals surface area (Å²) in [6.07, 6.45) is 1.63. The van der Waals surface area contributed by atoms with Crippen LogP contribution in [0, 0.1) is 20.8 Å². The van der Waals surface area contributed by atoms with E-state index in [9.17, 15) is 8.42 Å². The number of rotatable bonds is 3. The van der Waals surface area contributed by atoms with Gasteiger partial charge in [0, 0.05) is 5.41 Å². The summed E-state index contributed by atoms with van der Waals surface area (Å²) in [6, 6.07) is 13.2. The molecule has 2 aromatic carbocycles. The lowest BCUT2D eigenvalue weighted by molar-refractivity contribution is 0.603. The minimum atomic E-state index is -3.42. The smallest absolute Gasteiger partial charge is 0.200 e. The van der Waals surface area contributed by atoms with Gasteiger partial charge in [-0.25, -0.2) is 8.42 Å². The molecule has 0 amide bonds. The monoisotopic (exact) mass is 286 g/mol. The van der Waals surface area contributed by atoms with Crippen LogP contribution in [0.2, 0.25) is 0 Å². The Balaban J connectivity index is 2.44. The van der Waals surface area contributed by atoms with Crippen LogP contribution >= 0.6 is 0 Å². The quantitative estimate of drug-likeness (QED) is 0.852. The molecule has 0 aliphatic carbocycles. The van der Waals surface area contributed by atoms with Crippen molar-refractivity contribution in [2.45, 2.75) is 25.7 Å². The van der Waals surface area contributed by atoms with Gasteiger partial charge in [0.05, 0.1) is 4.90 Å². The third-order valence-corrected chi connectivity index (χ3v) is 4.84. The Morgan fingerprint density at radius 1 is 0.900 bits per heavy atom. The van der Waals surface area contributed by atoms with Crippen LogP contribution in [0.25, 0.3) is 6.08 Å². The molecule has 2 rings (SSSR count). The largest absolute Gasteiger partial charge is 0.219 e. The van der Waals surface area contributed by atoms with Gasteiger partial charge in [-0.2, -0.15) is 0 Å².